The molecule has 2 saturated heterocycles. The first-order valence-corrected chi connectivity index (χ1v) is 13.1. The van der Waals surface area contributed by atoms with Crippen LogP contribution in [0.2, 0.25) is 0 Å². The van der Waals surface area contributed by atoms with Crippen molar-refractivity contribution in [2.75, 3.05) is 59.9 Å². The van der Waals surface area contributed by atoms with Gasteiger partial charge in [0.25, 0.3) is 5.91 Å². The normalized spacial score (nSPS) is 21.4. The highest BCUT2D eigenvalue weighted by atomic mass is 16.5. The van der Waals surface area contributed by atoms with E-state index in [1.807, 2.05) is 38.1 Å². The number of anilines is 4. The number of rotatable bonds is 7. The molecule has 9 heteroatoms. The lowest BCUT2D eigenvalue weighted by Gasteiger charge is -2.34. The second-order valence-electron chi connectivity index (χ2n) is 11.2. The number of amides is 1. The monoisotopic (exact) mass is 494 g/mol. The molecule has 1 atom stereocenters. The van der Waals surface area contributed by atoms with E-state index in [1.54, 1.807) is 6.07 Å². The van der Waals surface area contributed by atoms with Crippen molar-refractivity contribution in [2.24, 2.45) is 5.41 Å². The SMILES string of the molecule is C[C@@H]1COCCN1c1cccc(NC(=O)c2ccc(NC(C)(C)CO)nc2N2CCC3(CC2)CC3)n1. The number of aromatic nitrogens is 2. The number of pyridine rings is 2. The van der Waals surface area contributed by atoms with Gasteiger partial charge in [0.05, 0.1) is 37.0 Å². The summed E-state index contributed by atoms with van der Waals surface area (Å²) in [5.74, 6) is 2.45. The lowest BCUT2D eigenvalue weighted by atomic mass is 9.93. The number of hydrogen-bond donors (Lipinski definition) is 3. The van der Waals surface area contributed by atoms with E-state index in [4.69, 9.17) is 14.7 Å². The van der Waals surface area contributed by atoms with Gasteiger partial charge in [-0.3, -0.25) is 4.79 Å². The second kappa shape index (κ2) is 9.86. The quantitative estimate of drug-likeness (QED) is 0.537. The van der Waals surface area contributed by atoms with E-state index in [-0.39, 0.29) is 18.6 Å². The molecule has 0 unspecified atom stereocenters. The van der Waals surface area contributed by atoms with Crippen LogP contribution in [0.5, 0.6) is 0 Å². The third-order valence-electron chi connectivity index (χ3n) is 7.70. The van der Waals surface area contributed by atoms with Gasteiger partial charge in [-0.15, -0.1) is 0 Å². The molecule has 4 heterocycles. The van der Waals surface area contributed by atoms with Crippen LogP contribution in [0.4, 0.5) is 23.3 Å². The van der Waals surface area contributed by atoms with Gasteiger partial charge in [-0.1, -0.05) is 6.07 Å². The number of aliphatic hydroxyl groups excluding tert-OH is 1. The average Bonchev–Trinajstić information content (AvgIpc) is 3.63. The molecular formula is C27H38N6O3. The Kier molecular flexibility index (Phi) is 6.78. The maximum Gasteiger partial charge on any atom is 0.260 e. The Morgan fingerprint density at radius 2 is 1.89 bits per heavy atom. The maximum atomic E-state index is 13.5. The lowest BCUT2D eigenvalue weighted by molar-refractivity contribution is 0.0985. The Labute approximate surface area is 213 Å². The summed E-state index contributed by atoms with van der Waals surface area (Å²) in [5.41, 5.74) is 0.532. The fourth-order valence-electron chi connectivity index (χ4n) is 5.10. The molecule has 1 amide bonds. The summed E-state index contributed by atoms with van der Waals surface area (Å²) in [4.78, 5) is 27.5. The Morgan fingerprint density at radius 3 is 2.58 bits per heavy atom. The van der Waals surface area contributed by atoms with Gasteiger partial charge in [0.1, 0.15) is 23.3 Å². The smallest absolute Gasteiger partial charge is 0.260 e. The molecule has 0 aromatic carbocycles. The van der Waals surface area contributed by atoms with Gasteiger partial charge in [0, 0.05) is 19.6 Å². The van der Waals surface area contributed by atoms with Crippen LogP contribution in [-0.4, -0.2) is 72.0 Å². The Hall–Kier alpha value is -2.91. The van der Waals surface area contributed by atoms with Crippen LogP contribution in [0.25, 0.3) is 0 Å². The van der Waals surface area contributed by atoms with Crippen molar-refractivity contribution in [1.82, 2.24) is 9.97 Å². The zero-order valence-electron chi connectivity index (χ0n) is 21.6. The lowest BCUT2D eigenvalue weighted by Crippen LogP contribution is -2.44. The number of ether oxygens (including phenoxy) is 1. The minimum atomic E-state index is -0.519. The summed E-state index contributed by atoms with van der Waals surface area (Å²) in [6.45, 7) is 9.81. The van der Waals surface area contributed by atoms with Crippen molar-refractivity contribution in [1.29, 1.82) is 0 Å². The molecule has 36 heavy (non-hydrogen) atoms. The molecule has 2 aliphatic heterocycles. The van der Waals surface area contributed by atoms with Gasteiger partial charge in [0.2, 0.25) is 0 Å². The molecule has 1 aliphatic carbocycles. The third kappa shape index (κ3) is 5.42. The molecule has 0 bridgehead atoms. The number of carbonyl (C=O) groups excluding carboxylic acids is 1. The number of nitrogens with zero attached hydrogens (tertiary/aromatic N) is 4. The zero-order chi connectivity index (χ0) is 25.3. The first-order valence-electron chi connectivity index (χ1n) is 13.1. The molecule has 0 radical (unpaired) electrons. The van der Waals surface area contributed by atoms with E-state index in [1.165, 1.54) is 12.8 Å². The van der Waals surface area contributed by atoms with Gasteiger partial charge >= 0.3 is 0 Å². The van der Waals surface area contributed by atoms with Crippen LogP contribution in [0.1, 0.15) is 56.8 Å². The number of hydrogen-bond acceptors (Lipinski definition) is 8. The summed E-state index contributed by atoms with van der Waals surface area (Å²) in [5, 5.41) is 16.0. The number of nitrogens with one attached hydrogen (secondary N) is 2. The van der Waals surface area contributed by atoms with E-state index in [9.17, 15) is 9.90 Å². The highest BCUT2D eigenvalue weighted by molar-refractivity contribution is 6.07. The fraction of sp³-hybridized carbons (Fsp3) is 0.593. The van der Waals surface area contributed by atoms with E-state index in [0.717, 1.165) is 38.3 Å². The van der Waals surface area contributed by atoms with Gasteiger partial charge in [-0.2, -0.15) is 0 Å². The predicted octanol–water partition coefficient (Wildman–Crippen LogP) is 3.52. The molecule has 3 aliphatic rings. The molecule has 1 saturated carbocycles. The van der Waals surface area contributed by atoms with E-state index >= 15 is 0 Å². The van der Waals surface area contributed by atoms with Gasteiger partial charge < -0.3 is 30.3 Å². The maximum absolute atomic E-state index is 13.5. The Bertz CT molecular complexity index is 1090. The van der Waals surface area contributed by atoms with Crippen molar-refractivity contribution >= 4 is 29.2 Å². The molecule has 3 fully saturated rings. The molecular weight excluding hydrogens is 456 g/mol. The molecule has 3 N–H and O–H groups in total. The van der Waals surface area contributed by atoms with Crippen LogP contribution >= 0.6 is 0 Å². The van der Waals surface area contributed by atoms with Crippen molar-refractivity contribution in [3.8, 4) is 0 Å². The molecule has 194 valence electrons. The van der Waals surface area contributed by atoms with Crippen LogP contribution in [0.3, 0.4) is 0 Å². The number of morpholine rings is 1. The zero-order valence-corrected chi connectivity index (χ0v) is 21.6. The highest BCUT2D eigenvalue weighted by Gasteiger charge is 2.45. The Balaban J connectivity index is 1.38. The number of aliphatic hydroxyl groups is 1. The largest absolute Gasteiger partial charge is 0.394 e. The summed E-state index contributed by atoms with van der Waals surface area (Å²) < 4.78 is 5.55. The molecule has 2 aromatic rings. The predicted molar refractivity (Wildman–Crippen MR) is 142 cm³/mol. The van der Waals surface area contributed by atoms with Crippen LogP contribution < -0.4 is 20.4 Å². The van der Waals surface area contributed by atoms with Crippen molar-refractivity contribution in [2.45, 2.75) is 58.0 Å². The van der Waals surface area contributed by atoms with Gasteiger partial charge in [-0.25, -0.2) is 9.97 Å². The van der Waals surface area contributed by atoms with Crippen LogP contribution in [0.15, 0.2) is 30.3 Å². The van der Waals surface area contributed by atoms with Crippen molar-refractivity contribution in [3.63, 3.8) is 0 Å². The number of carbonyl (C=O) groups is 1. The fourth-order valence-corrected chi connectivity index (χ4v) is 5.10. The van der Waals surface area contributed by atoms with Gasteiger partial charge in [-0.05, 0) is 76.1 Å². The van der Waals surface area contributed by atoms with Gasteiger partial charge in [0.15, 0.2) is 0 Å². The Morgan fingerprint density at radius 1 is 1.11 bits per heavy atom. The molecule has 9 nitrogen and oxygen atoms in total. The van der Waals surface area contributed by atoms with Crippen LogP contribution in [-0.2, 0) is 4.74 Å². The van der Waals surface area contributed by atoms with Crippen molar-refractivity contribution < 1.29 is 14.6 Å². The van der Waals surface area contributed by atoms with Crippen molar-refractivity contribution in [3.05, 3.63) is 35.9 Å². The summed E-state index contributed by atoms with van der Waals surface area (Å²) in [6, 6.07) is 9.56. The third-order valence-corrected chi connectivity index (χ3v) is 7.70. The minimum absolute atomic E-state index is 0.0255. The second-order valence-corrected chi connectivity index (χ2v) is 11.2. The summed E-state index contributed by atoms with van der Waals surface area (Å²) in [7, 11) is 0. The van der Waals surface area contributed by atoms with E-state index in [2.05, 4.69) is 27.4 Å². The number of piperidine rings is 1. The van der Waals surface area contributed by atoms with E-state index < -0.39 is 5.54 Å². The molecule has 5 rings (SSSR count). The summed E-state index contributed by atoms with van der Waals surface area (Å²) >= 11 is 0. The molecule has 2 aromatic heterocycles. The first-order chi connectivity index (χ1) is 17.3. The topological polar surface area (TPSA) is 103 Å². The highest BCUT2D eigenvalue weighted by Crippen LogP contribution is 2.54. The standard InChI is InChI=1S/C27H38N6O3/c1-19-17-36-16-15-33(19)23-6-4-5-21(28-23)30-25(35)20-7-8-22(31-26(2,3)18-34)29-24(20)32-13-11-27(9-10-27)12-14-32/h4-8,19,34H,9-18H2,1-3H3,(H,29,31)(H,28,30,35)/t19-/m1/s1. The minimum Gasteiger partial charge on any atom is -0.394 e. The van der Waals surface area contributed by atoms with Crippen LogP contribution in [0, 0.1) is 5.41 Å². The van der Waals surface area contributed by atoms with E-state index in [0.29, 0.717) is 41.6 Å². The molecule has 1 spiro atoms. The first kappa shape index (κ1) is 24.8. The average molecular weight is 495 g/mol. The summed E-state index contributed by atoms with van der Waals surface area (Å²) in [6.07, 6.45) is 4.91.